The molecule has 25 heavy (non-hydrogen) atoms. The molecule has 1 aliphatic rings. The average molecular weight is 357 g/mol. The van der Waals surface area contributed by atoms with Crippen molar-refractivity contribution in [3.05, 3.63) is 59.7 Å². The highest BCUT2D eigenvalue weighted by molar-refractivity contribution is 7.89. The maximum absolute atomic E-state index is 12.2. The van der Waals surface area contributed by atoms with Crippen LogP contribution in [0.1, 0.15) is 30.4 Å². The molecule has 3 rings (SSSR count). The van der Waals surface area contributed by atoms with Crippen LogP contribution in [0.25, 0.3) is 0 Å². The van der Waals surface area contributed by atoms with Crippen LogP contribution in [0.5, 0.6) is 0 Å². The third-order valence-corrected chi connectivity index (χ3v) is 5.57. The molecule has 0 unspecified atom stereocenters. The first kappa shape index (κ1) is 17.5. The van der Waals surface area contributed by atoms with E-state index in [1.807, 2.05) is 19.1 Å². The van der Waals surface area contributed by atoms with Gasteiger partial charge in [-0.3, -0.25) is 0 Å². The van der Waals surface area contributed by atoms with Gasteiger partial charge in [0.05, 0.1) is 11.1 Å². The molecule has 0 aromatic heterocycles. The van der Waals surface area contributed by atoms with Crippen molar-refractivity contribution < 1.29 is 8.42 Å². The lowest BCUT2D eigenvalue weighted by Crippen LogP contribution is -2.29. The Labute approximate surface area is 149 Å². The van der Waals surface area contributed by atoms with Gasteiger partial charge in [-0.2, -0.15) is 13.5 Å². The molecule has 1 saturated heterocycles. The van der Waals surface area contributed by atoms with Crippen LogP contribution < -0.4 is 9.73 Å². The van der Waals surface area contributed by atoms with E-state index < -0.39 is 10.0 Å². The lowest BCUT2D eigenvalue weighted by Gasteiger charge is -2.28. The van der Waals surface area contributed by atoms with E-state index in [0.29, 0.717) is 0 Å². The van der Waals surface area contributed by atoms with Gasteiger partial charge in [-0.05, 0) is 56.0 Å². The summed E-state index contributed by atoms with van der Waals surface area (Å²) in [5.41, 5.74) is 3.07. The number of piperidine rings is 1. The van der Waals surface area contributed by atoms with Gasteiger partial charge in [0.15, 0.2) is 0 Å². The van der Waals surface area contributed by atoms with Crippen molar-refractivity contribution in [3.63, 3.8) is 0 Å². The van der Waals surface area contributed by atoms with Crippen molar-refractivity contribution >= 4 is 21.9 Å². The molecule has 6 heteroatoms. The van der Waals surface area contributed by atoms with Crippen molar-refractivity contribution in [2.75, 3.05) is 18.0 Å². The Morgan fingerprint density at radius 1 is 0.960 bits per heavy atom. The molecule has 0 atom stereocenters. The van der Waals surface area contributed by atoms with Crippen molar-refractivity contribution in [1.29, 1.82) is 0 Å². The number of hydrazone groups is 1. The van der Waals surface area contributed by atoms with Gasteiger partial charge < -0.3 is 4.90 Å². The highest BCUT2D eigenvalue weighted by Gasteiger charge is 2.12. The van der Waals surface area contributed by atoms with Crippen LogP contribution in [0.3, 0.4) is 0 Å². The Balaban J connectivity index is 1.62. The van der Waals surface area contributed by atoms with Crippen molar-refractivity contribution in [2.24, 2.45) is 5.10 Å². The molecule has 2 aromatic carbocycles. The minimum absolute atomic E-state index is 0.204. The molecule has 0 spiro atoms. The molecule has 2 aromatic rings. The maximum Gasteiger partial charge on any atom is 0.276 e. The molecular weight excluding hydrogens is 334 g/mol. The molecule has 1 aliphatic heterocycles. The second-order valence-corrected chi connectivity index (χ2v) is 7.97. The molecule has 0 radical (unpaired) electrons. The quantitative estimate of drug-likeness (QED) is 0.660. The lowest BCUT2D eigenvalue weighted by molar-refractivity contribution is 0.578. The number of hydrogen-bond acceptors (Lipinski definition) is 4. The van der Waals surface area contributed by atoms with E-state index >= 15 is 0 Å². The van der Waals surface area contributed by atoms with Crippen LogP contribution in [0.4, 0.5) is 5.69 Å². The molecular formula is C19H23N3O2S. The van der Waals surface area contributed by atoms with E-state index in [4.69, 9.17) is 0 Å². The predicted octanol–water partition coefficient (Wildman–Crippen LogP) is 3.30. The van der Waals surface area contributed by atoms with Crippen LogP contribution in [0.2, 0.25) is 0 Å². The number of rotatable bonds is 5. The normalized spacial score (nSPS) is 15.5. The van der Waals surface area contributed by atoms with E-state index in [1.165, 1.54) is 31.2 Å². The minimum atomic E-state index is -3.63. The fourth-order valence-electron chi connectivity index (χ4n) is 2.86. The Morgan fingerprint density at radius 2 is 1.60 bits per heavy atom. The van der Waals surface area contributed by atoms with E-state index in [2.05, 4.69) is 27.0 Å². The predicted molar refractivity (Wildman–Crippen MR) is 102 cm³/mol. The molecule has 1 fully saturated rings. The van der Waals surface area contributed by atoms with E-state index in [0.717, 1.165) is 24.2 Å². The zero-order valence-electron chi connectivity index (χ0n) is 14.4. The first-order valence-electron chi connectivity index (χ1n) is 8.51. The third kappa shape index (κ3) is 4.60. The van der Waals surface area contributed by atoms with Gasteiger partial charge in [-0.1, -0.05) is 29.8 Å². The Morgan fingerprint density at radius 3 is 2.24 bits per heavy atom. The van der Waals surface area contributed by atoms with Crippen LogP contribution in [0, 0.1) is 6.92 Å². The Hall–Kier alpha value is -2.34. The molecule has 132 valence electrons. The molecule has 0 saturated carbocycles. The summed E-state index contributed by atoms with van der Waals surface area (Å²) in [6.45, 7) is 4.11. The monoisotopic (exact) mass is 357 g/mol. The highest BCUT2D eigenvalue weighted by atomic mass is 32.2. The summed E-state index contributed by atoms with van der Waals surface area (Å²) in [7, 11) is -3.63. The molecule has 1 heterocycles. The first-order valence-corrected chi connectivity index (χ1v) is 9.99. The van der Waals surface area contributed by atoms with E-state index in [-0.39, 0.29) is 4.90 Å². The Bertz CT molecular complexity index is 822. The van der Waals surface area contributed by atoms with Crippen LogP contribution in [-0.2, 0) is 10.0 Å². The van der Waals surface area contributed by atoms with Crippen LogP contribution in [0.15, 0.2) is 58.5 Å². The molecule has 5 nitrogen and oxygen atoms in total. The summed E-state index contributed by atoms with van der Waals surface area (Å²) in [6.07, 6.45) is 5.31. The summed E-state index contributed by atoms with van der Waals surface area (Å²) >= 11 is 0. The molecule has 0 bridgehead atoms. The van der Waals surface area contributed by atoms with E-state index in [1.54, 1.807) is 24.3 Å². The second-order valence-electron chi connectivity index (χ2n) is 6.31. The zero-order valence-corrected chi connectivity index (χ0v) is 15.2. The summed E-state index contributed by atoms with van der Waals surface area (Å²) in [4.78, 5) is 4.84. The number of nitrogens with zero attached hydrogens (tertiary/aromatic N) is 2. The highest BCUT2D eigenvalue weighted by Crippen LogP contribution is 2.19. The van der Waals surface area contributed by atoms with Crippen molar-refractivity contribution in [2.45, 2.75) is 31.1 Å². The minimum Gasteiger partial charge on any atom is -0.372 e. The number of nitrogens with one attached hydrogen (secondary N) is 1. The zero-order chi connectivity index (χ0) is 17.7. The first-order chi connectivity index (χ1) is 12.0. The van der Waals surface area contributed by atoms with Crippen LogP contribution in [-0.4, -0.2) is 27.7 Å². The summed E-state index contributed by atoms with van der Waals surface area (Å²) in [6, 6.07) is 14.7. The van der Waals surface area contributed by atoms with Gasteiger partial charge in [-0.15, -0.1) is 0 Å². The number of sulfonamides is 1. The Kier molecular flexibility index (Phi) is 5.38. The van der Waals surface area contributed by atoms with Gasteiger partial charge in [0, 0.05) is 18.8 Å². The molecule has 1 N–H and O–H groups in total. The topological polar surface area (TPSA) is 61.8 Å². The van der Waals surface area contributed by atoms with Gasteiger partial charge in [0.2, 0.25) is 0 Å². The van der Waals surface area contributed by atoms with Crippen molar-refractivity contribution in [3.8, 4) is 0 Å². The smallest absolute Gasteiger partial charge is 0.276 e. The molecule has 0 aliphatic carbocycles. The number of hydrogen-bond donors (Lipinski definition) is 1. The standard InChI is InChI=1S/C19H23N3O2S/c1-16-5-11-19(12-6-16)25(23,24)21-20-15-17-7-9-18(10-8-17)22-13-3-2-4-14-22/h5-12,15,21H,2-4,13-14H2,1H3/b20-15-. The maximum atomic E-state index is 12.2. The van der Waals surface area contributed by atoms with Gasteiger partial charge in [0.1, 0.15) is 0 Å². The molecule has 0 amide bonds. The largest absolute Gasteiger partial charge is 0.372 e. The second kappa shape index (κ2) is 7.70. The number of benzene rings is 2. The lowest BCUT2D eigenvalue weighted by atomic mass is 10.1. The summed E-state index contributed by atoms with van der Waals surface area (Å²) < 4.78 is 24.3. The summed E-state index contributed by atoms with van der Waals surface area (Å²) in [5.74, 6) is 0. The number of anilines is 1. The summed E-state index contributed by atoms with van der Waals surface area (Å²) in [5, 5.41) is 3.88. The van der Waals surface area contributed by atoms with E-state index in [9.17, 15) is 8.42 Å². The van der Waals surface area contributed by atoms with Gasteiger partial charge in [-0.25, -0.2) is 4.83 Å². The third-order valence-electron chi connectivity index (χ3n) is 4.33. The van der Waals surface area contributed by atoms with Crippen molar-refractivity contribution in [1.82, 2.24) is 4.83 Å². The SMILES string of the molecule is Cc1ccc(S(=O)(=O)N/N=C\c2ccc(N3CCCCC3)cc2)cc1. The number of aryl methyl sites for hydroxylation is 1. The average Bonchev–Trinajstić information content (AvgIpc) is 2.63. The fraction of sp³-hybridized carbons (Fsp3) is 0.316. The van der Waals surface area contributed by atoms with Gasteiger partial charge >= 0.3 is 0 Å². The van der Waals surface area contributed by atoms with Crippen LogP contribution >= 0.6 is 0 Å². The fourth-order valence-corrected chi connectivity index (χ4v) is 3.65. The van der Waals surface area contributed by atoms with Gasteiger partial charge in [0.25, 0.3) is 10.0 Å².